The summed E-state index contributed by atoms with van der Waals surface area (Å²) < 4.78 is 5.25. The third kappa shape index (κ3) is 1.76. The Hall–Kier alpha value is -1.94. The molecule has 0 saturated heterocycles. The highest BCUT2D eigenvalue weighted by atomic mass is 35.5. The summed E-state index contributed by atoms with van der Waals surface area (Å²) in [5.41, 5.74) is 2.45. The molecule has 1 aromatic carbocycles. The van der Waals surface area contributed by atoms with Gasteiger partial charge < -0.3 is 14.5 Å². The number of aromatic hydroxyl groups is 1. The quantitative estimate of drug-likeness (QED) is 0.697. The minimum absolute atomic E-state index is 0. The number of halogens is 1. The van der Waals surface area contributed by atoms with Gasteiger partial charge in [-0.2, -0.15) is 0 Å². The fourth-order valence-electron chi connectivity index (χ4n) is 1.74. The molecule has 0 atom stereocenters. The summed E-state index contributed by atoms with van der Waals surface area (Å²) in [6.07, 6.45) is 1.59. The maximum absolute atomic E-state index is 9.69. The lowest BCUT2D eigenvalue weighted by Gasteiger charge is -1.95. The molecule has 0 unspecified atom stereocenters. The lowest BCUT2D eigenvalue weighted by Crippen LogP contribution is -1.76. The van der Waals surface area contributed by atoms with Crippen molar-refractivity contribution in [2.75, 3.05) is 0 Å². The zero-order chi connectivity index (χ0) is 11.1. The van der Waals surface area contributed by atoms with Gasteiger partial charge in [0, 0.05) is 0 Å². The fraction of sp³-hybridized carbons (Fsp3) is 0.0833. The third-order valence-corrected chi connectivity index (χ3v) is 2.59. The number of hydrogen-bond donors (Lipinski definition) is 2. The van der Waals surface area contributed by atoms with Crippen molar-refractivity contribution < 1.29 is 9.52 Å². The van der Waals surface area contributed by atoms with Crippen LogP contribution in [0.2, 0.25) is 0 Å². The molecule has 17 heavy (non-hydrogen) atoms. The van der Waals surface area contributed by atoms with Crippen molar-refractivity contribution in [1.82, 2.24) is 9.97 Å². The van der Waals surface area contributed by atoms with E-state index in [2.05, 4.69) is 9.97 Å². The second kappa shape index (κ2) is 4.14. The molecule has 3 rings (SSSR count). The lowest BCUT2D eigenvalue weighted by molar-refractivity contribution is 0.480. The average molecular weight is 251 g/mol. The normalized spacial score (nSPS) is 10.4. The molecular formula is C12H11ClN2O2. The van der Waals surface area contributed by atoms with Crippen LogP contribution in [0.5, 0.6) is 5.75 Å². The van der Waals surface area contributed by atoms with Crippen LogP contribution in [0.4, 0.5) is 0 Å². The van der Waals surface area contributed by atoms with Gasteiger partial charge in [-0.05, 0) is 30.7 Å². The summed E-state index contributed by atoms with van der Waals surface area (Å²) >= 11 is 0. The van der Waals surface area contributed by atoms with Crippen LogP contribution < -0.4 is 0 Å². The SMILES string of the molecule is Cc1ccc(O)c2nc(-c3ccco3)[nH]c12.Cl. The van der Waals surface area contributed by atoms with Crippen LogP contribution in [0, 0.1) is 6.92 Å². The molecule has 0 saturated carbocycles. The molecule has 88 valence electrons. The van der Waals surface area contributed by atoms with E-state index in [1.54, 1.807) is 18.4 Å². The summed E-state index contributed by atoms with van der Waals surface area (Å²) in [5.74, 6) is 1.47. The molecule has 0 fully saturated rings. The first-order chi connectivity index (χ1) is 7.75. The van der Waals surface area contributed by atoms with E-state index in [9.17, 15) is 5.11 Å². The molecular weight excluding hydrogens is 240 g/mol. The van der Waals surface area contributed by atoms with Crippen molar-refractivity contribution in [2.45, 2.75) is 6.92 Å². The van der Waals surface area contributed by atoms with Gasteiger partial charge in [0.05, 0.1) is 11.8 Å². The fourth-order valence-corrected chi connectivity index (χ4v) is 1.74. The van der Waals surface area contributed by atoms with Crippen molar-refractivity contribution >= 4 is 23.4 Å². The lowest BCUT2D eigenvalue weighted by atomic mass is 10.2. The Bertz CT molecular complexity index is 605. The van der Waals surface area contributed by atoms with Crippen LogP contribution in [-0.4, -0.2) is 15.1 Å². The zero-order valence-electron chi connectivity index (χ0n) is 9.10. The molecule has 0 bridgehead atoms. The van der Waals surface area contributed by atoms with Gasteiger partial charge in [0.1, 0.15) is 11.3 Å². The number of phenolic OH excluding ortho intramolecular Hbond substituents is 1. The molecule has 5 heteroatoms. The summed E-state index contributed by atoms with van der Waals surface area (Å²) in [6, 6.07) is 7.12. The van der Waals surface area contributed by atoms with Crippen molar-refractivity contribution in [3.8, 4) is 17.3 Å². The van der Waals surface area contributed by atoms with E-state index in [0.717, 1.165) is 11.1 Å². The Kier molecular flexibility index (Phi) is 2.81. The third-order valence-electron chi connectivity index (χ3n) is 2.59. The van der Waals surface area contributed by atoms with Crippen LogP contribution in [0.1, 0.15) is 5.56 Å². The molecule has 0 spiro atoms. The molecule has 2 heterocycles. The average Bonchev–Trinajstić information content (AvgIpc) is 2.90. The van der Waals surface area contributed by atoms with E-state index in [1.165, 1.54) is 0 Å². The number of aromatic amines is 1. The van der Waals surface area contributed by atoms with Crippen LogP contribution in [0.25, 0.3) is 22.6 Å². The standard InChI is InChI=1S/C12H10N2O2.ClH/c1-7-4-5-8(15)11-10(7)13-12(14-11)9-3-2-6-16-9;/h2-6,15H,1H3,(H,13,14);1H. The zero-order valence-corrected chi connectivity index (χ0v) is 9.91. The van der Waals surface area contributed by atoms with Crippen LogP contribution >= 0.6 is 12.4 Å². The molecule has 0 aliphatic rings. The van der Waals surface area contributed by atoms with E-state index in [-0.39, 0.29) is 18.2 Å². The van der Waals surface area contributed by atoms with E-state index in [4.69, 9.17) is 4.42 Å². The molecule has 0 amide bonds. The van der Waals surface area contributed by atoms with E-state index >= 15 is 0 Å². The number of phenols is 1. The van der Waals surface area contributed by atoms with Gasteiger partial charge in [-0.3, -0.25) is 0 Å². The minimum atomic E-state index is 0. The number of fused-ring (bicyclic) bond motifs is 1. The molecule has 0 radical (unpaired) electrons. The van der Waals surface area contributed by atoms with Crippen molar-refractivity contribution in [3.63, 3.8) is 0 Å². The number of imidazole rings is 1. The van der Waals surface area contributed by atoms with Crippen LogP contribution in [0.15, 0.2) is 34.9 Å². The van der Waals surface area contributed by atoms with E-state index in [1.807, 2.05) is 19.1 Å². The molecule has 0 aliphatic carbocycles. The van der Waals surface area contributed by atoms with Crippen molar-refractivity contribution in [3.05, 3.63) is 36.1 Å². The van der Waals surface area contributed by atoms with E-state index in [0.29, 0.717) is 17.1 Å². The monoisotopic (exact) mass is 250 g/mol. The van der Waals surface area contributed by atoms with Crippen LogP contribution in [0.3, 0.4) is 0 Å². The number of rotatable bonds is 1. The first kappa shape index (κ1) is 11.5. The smallest absolute Gasteiger partial charge is 0.174 e. The topological polar surface area (TPSA) is 62.1 Å². The number of nitrogens with one attached hydrogen (secondary N) is 1. The van der Waals surface area contributed by atoms with Gasteiger partial charge in [-0.25, -0.2) is 4.98 Å². The number of nitrogens with zero attached hydrogens (tertiary/aromatic N) is 1. The van der Waals surface area contributed by atoms with Crippen molar-refractivity contribution in [1.29, 1.82) is 0 Å². The predicted octanol–water partition coefficient (Wildman–Crippen LogP) is 3.26. The number of hydrogen-bond acceptors (Lipinski definition) is 3. The second-order valence-electron chi connectivity index (χ2n) is 3.69. The number of furan rings is 1. The largest absolute Gasteiger partial charge is 0.506 e. The molecule has 2 N–H and O–H groups in total. The molecule has 4 nitrogen and oxygen atoms in total. The first-order valence-corrected chi connectivity index (χ1v) is 4.98. The summed E-state index contributed by atoms with van der Waals surface area (Å²) in [5, 5.41) is 9.69. The second-order valence-corrected chi connectivity index (χ2v) is 3.69. The van der Waals surface area contributed by atoms with Gasteiger partial charge in [0.15, 0.2) is 11.6 Å². The maximum atomic E-state index is 9.69. The van der Waals surface area contributed by atoms with Gasteiger partial charge in [0.2, 0.25) is 0 Å². The van der Waals surface area contributed by atoms with Gasteiger partial charge in [-0.1, -0.05) is 6.07 Å². The highest BCUT2D eigenvalue weighted by Gasteiger charge is 2.11. The molecule has 0 aliphatic heterocycles. The highest BCUT2D eigenvalue weighted by Crippen LogP contribution is 2.28. The van der Waals surface area contributed by atoms with Gasteiger partial charge >= 0.3 is 0 Å². The Morgan fingerprint density at radius 2 is 2.12 bits per heavy atom. The Balaban J connectivity index is 0.00000108. The highest BCUT2D eigenvalue weighted by molar-refractivity contribution is 5.86. The van der Waals surface area contributed by atoms with Crippen LogP contribution in [-0.2, 0) is 0 Å². The van der Waals surface area contributed by atoms with Gasteiger partial charge in [-0.15, -0.1) is 12.4 Å². The van der Waals surface area contributed by atoms with E-state index < -0.39 is 0 Å². The summed E-state index contributed by atoms with van der Waals surface area (Å²) in [7, 11) is 0. The minimum Gasteiger partial charge on any atom is -0.506 e. The first-order valence-electron chi connectivity index (χ1n) is 4.98. The summed E-state index contributed by atoms with van der Waals surface area (Å²) in [6.45, 7) is 1.96. The number of H-pyrrole nitrogens is 1. The number of aryl methyl sites for hydroxylation is 1. The number of aromatic nitrogens is 2. The Morgan fingerprint density at radius 3 is 2.76 bits per heavy atom. The number of benzene rings is 1. The Labute approximate surface area is 104 Å². The van der Waals surface area contributed by atoms with Gasteiger partial charge in [0.25, 0.3) is 0 Å². The molecule has 3 aromatic rings. The Morgan fingerprint density at radius 1 is 1.29 bits per heavy atom. The summed E-state index contributed by atoms with van der Waals surface area (Å²) in [4.78, 5) is 7.46. The predicted molar refractivity (Wildman–Crippen MR) is 67.4 cm³/mol. The maximum Gasteiger partial charge on any atom is 0.174 e. The molecule has 2 aromatic heterocycles. The van der Waals surface area contributed by atoms with Crippen molar-refractivity contribution in [2.24, 2.45) is 0 Å².